The van der Waals surface area contributed by atoms with Crippen molar-refractivity contribution in [3.8, 4) is 11.5 Å². The summed E-state index contributed by atoms with van der Waals surface area (Å²) in [5.74, 6) is 0.554. The molecule has 3 rings (SSSR count). The lowest BCUT2D eigenvalue weighted by molar-refractivity contribution is -0.137. The van der Waals surface area contributed by atoms with Crippen LogP contribution in [0.4, 0.5) is 18.9 Å². The SMILES string of the molecule is COc1cc(C=O)ccc1O[P@](=Nc1ccccc1C(F)(F)F)(c1ccncc1)C(C)(C)C. The number of hydrogen-bond acceptors (Lipinski definition) is 5. The van der Waals surface area contributed by atoms with Crippen LogP contribution in [-0.4, -0.2) is 23.5 Å². The number of pyridine rings is 1. The standard InChI is InChI=1S/C24H24F3N2O3P/c1-23(2,3)33(18-11-13-28-14-12-18,29-20-8-6-5-7-19(20)24(25,26)27)32-21-10-9-17(16-30)15-22(21)31-4/h5-16H,1-4H3/t33-/m1/s1. The molecule has 0 bridgehead atoms. The minimum Gasteiger partial charge on any atom is -0.493 e. The molecule has 174 valence electrons. The second kappa shape index (κ2) is 9.40. The van der Waals surface area contributed by atoms with Crippen molar-refractivity contribution in [1.82, 2.24) is 4.98 Å². The number of ether oxygens (including phenoxy) is 1. The summed E-state index contributed by atoms with van der Waals surface area (Å²) in [5.41, 5.74) is -0.685. The van der Waals surface area contributed by atoms with Gasteiger partial charge in [0, 0.05) is 28.4 Å². The molecule has 0 saturated carbocycles. The zero-order chi connectivity index (χ0) is 24.3. The van der Waals surface area contributed by atoms with Crippen molar-refractivity contribution in [2.24, 2.45) is 4.74 Å². The number of aromatic nitrogens is 1. The molecule has 0 fully saturated rings. The molecular weight excluding hydrogens is 452 g/mol. The first kappa shape index (κ1) is 24.5. The lowest BCUT2D eigenvalue weighted by Gasteiger charge is -2.37. The van der Waals surface area contributed by atoms with Gasteiger partial charge in [-0.1, -0.05) is 32.9 Å². The summed E-state index contributed by atoms with van der Waals surface area (Å²) >= 11 is 0. The second-order valence-corrected chi connectivity index (χ2v) is 11.6. The van der Waals surface area contributed by atoms with E-state index < -0.39 is 24.2 Å². The number of alkyl halides is 3. The monoisotopic (exact) mass is 476 g/mol. The van der Waals surface area contributed by atoms with E-state index in [1.807, 2.05) is 20.8 Å². The molecule has 1 aromatic heterocycles. The van der Waals surface area contributed by atoms with Crippen molar-refractivity contribution in [2.45, 2.75) is 32.1 Å². The summed E-state index contributed by atoms with van der Waals surface area (Å²) < 4.78 is 58.1. The van der Waals surface area contributed by atoms with Crippen LogP contribution in [0.15, 0.2) is 71.7 Å². The van der Waals surface area contributed by atoms with Gasteiger partial charge in [-0.15, -0.1) is 0 Å². The molecule has 5 nitrogen and oxygen atoms in total. The lowest BCUT2D eigenvalue weighted by atomic mass is 10.2. The molecule has 0 aliphatic heterocycles. The van der Waals surface area contributed by atoms with Gasteiger partial charge < -0.3 is 9.26 Å². The molecule has 0 N–H and O–H groups in total. The zero-order valence-electron chi connectivity index (χ0n) is 18.6. The second-order valence-electron chi connectivity index (χ2n) is 8.19. The molecule has 0 aliphatic rings. The minimum absolute atomic E-state index is 0.214. The number of halogens is 3. The van der Waals surface area contributed by atoms with Crippen LogP contribution >= 0.6 is 7.28 Å². The fourth-order valence-corrected chi connectivity index (χ4v) is 6.34. The molecule has 0 spiro atoms. The number of benzene rings is 2. The fraction of sp³-hybridized carbons (Fsp3) is 0.250. The van der Waals surface area contributed by atoms with Crippen LogP contribution in [0.2, 0.25) is 0 Å². The van der Waals surface area contributed by atoms with Crippen LogP contribution in [0.1, 0.15) is 36.7 Å². The number of nitrogens with zero attached hydrogens (tertiary/aromatic N) is 2. The maximum atomic E-state index is 13.8. The summed E-state index contributed by atoms with van der Waals surface area (Å²) in [5, 5.41) is -0.106. The van der Waals surface area contributed by atoms with Crippen LogP contribution in [0.3, 0.4) is 0 Å². The van der Waals surface area contributed by atoms with Gasteiger partial charge in [-0.3, -0.25) is 9.78 Å². The Bertz CT molecular complexity index is 1190. The fourth-order valence-electron chi connectivity index (χ4n) is 3.28. The lowest BCUT2D eigenvalue weighted by Crippen LogP contribution is -2.27. The summed E-state index contributed by atoms with van der Waals surface area (Å²) in [6.07, 6.45) is -0.811. The summed E-state index contributed by atoms with van der Waals surface area (Å²) in [6, 6.07) is 13.2. The third-order valence-electron chi connectivity index (χ3n) is 4.93. The van der Waals surface area contributed by atoms with Crippen molar-refractivity contribution in [2.75, 3.05) is 7.11 Å². The molecule has 1 heterocycles. The Balaban J connectivity index is 2.38. The van der Waals surface area contributed by atoms with E-state index in [9.17, 15) is 18.0 Å². The highest BCUT2D eigenvalue weighted by atomic mass is 31.2. The van der Waals surface area contributed by atoms with Gasteiger partial charge in [0.1, 0.15) is 6.29 Å². The van der Waals surface area contributed by atoms with Crippen LogP contribution in [0, 0.1) is 0 Å². The normalized spacial score (nSPS) is 13.7. The Morgan fingerprint density at radius 3 is 2.21 bits per heavy atom. The Morgan fingerprint density at radius 1 is 0.970 bits per heavy atom. The molecule has 0 unspecified atom stereocenters. The topological polar surface area (TPSA) is 60.8 Å². The van der Waals surface area contributed by atoms with Gasteiger partial charge in [-0.05, 0) is 42.5 Å². The van der Waals surface area contributed by atoms with E-state index >= 15 is 0 Å². The molecule has 0 saturated heterocycles. The molecule has 9 heteroatoms. The van der Waals surface area contributed by atoms with Gasteiger partial charge >= 0.3 is 6.18 Å². The first-order valence-corrected chi connectivity index (χ1v) is 11.7. The number of carbonyl (C=O) groups is 1. The molecule has 2 aromatic carbocycles. The van der Waals surface area contributed by atoms with Gasteiger partial charge in [-0.2, -0.15) is 13.2 Å². The maximum absolute atomic E-state index is 13.8. The van der Waals surface area contributed by atoms with Gasteiger partial charge in [-0.25, -0.2) is 4.74 Å². The largest absolute Gasteiger partial charge is 0.493 e. The molecular formula is C24H24F3N2O3P. The first-order chi connectivity index (χ1) is 15.5. The predicted octanol–water partition coefficient (Wildman–Crippen LogP) is 6.87. The number of aldehydes is 1. The molecule has 3 aromatic rings. The van der Waals surface area contributed by atoms with Crippen LogP contribution in [-0.2, 0) is 6.18 Å². The van der Waals surface area contributed by atoms with E-state index in [0.717, 1.165) is 6.07 Å². The van der Waals surface area contributed by atoms with Crippen molar-refractivity contribution >= 4 is 24.6 Å². The Kier molecular flexibility index (Phi) is 6.98. The van der Waals surface area contributed by atoms with E-state index in [0.29, 0.717) is 17.2 Å². The maximum Gasteiger partial charge on any atom is 0.418 e. The van der Waals surface area contributed by atoms with Crippen molar-refractivity contribution in [1.29, 1.82) is 0 Å². The quantitative estimate of drug-likeness (QED) is 0.288. The van der Waals surface area contributed by atoms with Crippen molar-refractivity contribution in [3.63, 3.8) is 0 Å². The average Bonchev–Trinajstić information content (AvgIpc) is 2.78. The Labute approximate surface area is 190 Å². The van der Waals surface area contributed by atoms with Gasteiger partial charge in [0.15, 0.2) is 18.8 Å². The average molecular weight is 476 g/mol. The van der Waals surface area contributed by atoms with E-state index in [4.69, 9.17) is 14.0 Å². The Hall–Kier alpha value is -3.12. The van der Waals surface area contributed by atoms with Crippen molar-refractivity contribution in [3.05, 3.63) is 78.1 Å². The highest BCUT2D eigenvalue weighted by Gasteiger charge is 2.41. The highest BCUT2D eigenvalue weighted by Crippen LogP contribution is 2.63. The van der Waals surface area contributed by atoms with Crippen LogP contribution in [0.25, 0.3) is 0 Å². The van der Waals surface area contributed by atoms with Gasteiger partial charge in [0.05, 0.1) is 18.4 Å². The summed E-state index contributed by atoms with van der Waals surface area (Å²) in [7, 11) is -1.79. The third-order valence-corrected chi connectivity index (χ3v) is 8.71. The van der Waals surface area contributed by atoms with Crippen molar-refractivity contribution < 1.29 is 27.2 Å². The highest BCUT2D eigenvalue weighted by molar-refractivity contribution is 7.71. The first-order valence-electron chi connectivity index (χ1n) is 10.0. The summed E-state index contributed by atoms with van der Waals surface area (Å²) in [6.45, 7) is 5.60. The number of rotatable bonds is 6. The third kappa shape index (κ3) is 5.11. The van der Waals surface area contributed by atoms with Crippen LogP contribution < -0.4 is 14.6 Å². The minimum atomic E-state index is -4.59. The molecule has 0 amide bonds. The Morgan fingerprint density at radius 2 is 1.64 bits per heavy atom. The van der Waals surface area contributed by atoms with Gasteiger partial charge in [0.25, 0.3) is 0 Å². The van der Waals surface area contributed by atoms with E-state index in [1.165, 1.54) is 31.4 Å². The van der Waals surface area contributed by atoms with E-state index in [1.54, 1.807) is 36.7 Å². The molecule has 1 atom stereocenters. The van der Waals surface area contributed by atoms with E-state index in [-0.39, 0.29) is 17.2 Å². The number of carbonyl (C=O) groups excluding carboxylic acids is 1. The van der Waals surface area contributed by atoms with Gasteiger partial charge in [0.2, 0.25) is 0 Å². The predicted molar refractivity (Wildman–Crippen MR) is 123 cm³/mol. The molecule has 0 radical (unpaired) electrons. The number of methoxy groups -OCH3 is 1. The van der Waals surface area contributed by atoms with E-state index in [2.05, 4.69) is 4.98 Å². The van der Waals surface area contributed by atoms with Crippen LogP contribution in [0.5, 0.6) is 11.5 Å². The number of hydrogen-bond donors (Lipinski definition) is 0. The molecule has 0 aliphatic carbocycles. The smallest absolute Gasteiger partial charge is 0.418 e. The zero-order valence-corrected chi connectivity index (χ0v) is 19.5. The molecule has 33 heavy (non-hydrogen) atoms. The summed E-state index contributed by atoms with van der Waals surface area (Å²) in [4.78, 5) is 15.2.